The highest BCUT2D eigenvalue weighted by atomic mass is 32.2. The fourth-order valence-corrected chi connectivity index (χ4v) is 3.32. The molecule has 0 spiro atoms. The monoisotopic (exact) mass is 276 g/mol. The number of nitrogens with one attached hydrogen (secondary N) is 2. The van der Waals surface area contributed by atoms with Crippen LogP contribution in [0.1, 0.15) is 11.4 Å². The standard InChI is InChI=1S/C12H12N4S2/c1-3-9(13-5-1)11-15-7-18-12(16-8-17-11)10-4-2-6-14-10/h1-6,13-14H,7-8H2. The van der Waals surface area contributed by atoms with E-state index in [0.29, 0.717) is 11.8 Å². The Bertz CT molecular complexity index is 503. The molecule has 0 atom stereocenters. The van der Waals surface area contributed by atoms with E-state index in [1.54, 1.807) is 23.5 Å². The number of rotatable bonds is 2. The van der Waals surface area contributed by atoms with Gasteiger partial charge >= 0.3 is 0 Å². The van der Waals surface area contributed by atoms with Gasteiger partial charge in [0.15, 0.2) is 0 Å². The normalized spacial score (nSPS) is 16.7. The predicted molar refractivity (Wildman–Crippen MR) is 79.6 cm³/mol. The lowest BCUT2D eigenvalue weighted by Gasteiger charge is -2.09. The molecule has 0 bridgehead atoms. The third kappa shape index (κ3) is 2.54. The summed E-state index contributed by atoms with van der Waals surface area (Å²) >= 11 is 3.32. The van der Waals surface area contributed by atoms with Gasteiger partial charge in [-0.05, 0) is 24.3 Å². The number of aliphatic imine (C=N–C) groups is 2. The van der Waals surface area contributed by atoms with Gasteiger partial charge in [0.2, 0.25) is 0 Å². The van der Waals surface area contributed by atoms with Crippen molar-refractivity contribution in [3.05, 3.63) is 48.0 Å². The second-order valence-electron chi connectivity index (χ2n) is 3.64. The molecule has 3 heterocycles. The van der Waals surface area contributed by atoms with E-state index in [4.69, 9.17) is 0 Å². The maximum atomic E-state index is 4.60. The summed E-state index contributed by atoms with van der Waals surface area (Å²) in [6, 6.07) is 8.04. The number of hydrogen-bond acceptors (Lipinski definition) is 4. The second-order valence-corrected chi connectivity index (χ2v) is 5.51. The summed E-state index contributed by atoms with van der Waals surface area (Å²) < 4.78 is 0. The number of thioether (sulfide) groups is 2. The molecule has 0 aromatic carbocycles. The van der Waals surface area contributed by atoms with Gasteiger partial charge in [0.05, 0.1) is 23.1 Å². The maximum Gasteiger partial charge on any atom is 0.117 e. The van der Waals surface area contributed by atoms with Crippen LogP contribution in [0.15, 0.2) is 46.6 Å². The smallest absolute Gasteiger partial charge is 0.117 e. The molecule has 0 unspecified atom stereocenters. The fourth-order valence-electron chi connectivity index (χ4n) is 1.65. The molecule has 0 radical (unpaired) electrons. The van der Waals surface area contributed by atoms with E-state index in [9.17, 15) is 0 Å². The van der Waals surface area contributed by atoms with Crippen LogP contribution in [0, 0.1) is 0 Å². The molecule has 0 saturated heterocycles. The Hall–Kier alpha value is -1.40. The Morgan fingerprint density at radius 2 is 1.33 bits per heavy atom. The number of nitrogens with zero attached hydrogens (tertiary/aromatic N) is 2. The summed E-state index contributed by atoms with van der Waals surface area (Å²) in [7, 11) is 0. The van der Waals surface area contributed by atoms with Gasteiger partial charge in [-0.3, -0.25) is 9.98 Å². The van der Waals surface area contributed by atoms with Crippen molar-refractivity contribution < 1.29 is 0 Å². The third-order valence-corrected chi connectivity index (χ3v) is 4.24. The highest BCUT2D eigenvalue weighted by molar-refractivity contribution is 8.16. The van der Waals surface area contributed by atoms with E-state index in [2.05, 4.69) is 20.0 Å². The van der Waals surface area contributed by atoms with Crippen molar-refractivity contribution in [2.45, 2.75) is 0 Å². The minimum absolute atomic E-state index is 0.694. The molecule has 3 rings (SSSR count). The lowest BCUT2D eigenvalue weighted by atomic mass is 10.5. The van der Waals surface area contributed by atoms with Gasteiger partial charge < -0.3 is 9.97 Å². The Labute approximate surface area is 113 Å². The average Bonchev–Trinajstić information content (AvgIpc) is 3.01. The van der Waals surface area contributed by atoms with Crippen LogP contribution in [-0.4, -0.2) is 31.8 Å². The molecule has 2 N–H and O–H groups in total. The van der Waals surface area contributed by atoms with Crippen LogP contribution in [0.2, 0.25) is 0 Å². The third-order valence-electron chi connectivity index (χ3n) is 2.48. The molecule has 1 aliphatic heterocycles. The van der Waals surface area contributed by atoms with Gasteiger partial charge in [0.25, 0.3) is 0 Å². The lowest BCUT2D eigenvalue weighted by molar-refractivity contribution is 1.31. The summed E-state index contributed by atoms with van der Waals surface area (Å²) in [6.45, 7) is 0. The number of hydrogen-bond donors (Lipinski definition) is 2. The van der Waals surface area contributed by atoms with Crippen molar-refractivity contribution in [2.24, 2.45) is 9.98 Å². The van der Waals surface area contributed by atoms with Gasteiger partial charge in [0.1, 0.15) is 10.1 Å². The van der Waals surface area contributed by atoms with Crippen LogP contribution in [-0.2, 0) is 0 Å². The minimum atomic E-state index is 0.694. The van der Waals surface area contributed by atoms with Crippen LogP contribution < -0.4 is 0 Å². The Balaban J connectivity index is 1.74. The molecule has 1 aliphatic rings. The van der Waals surface area contributed by atoms with Crippen LogP contribution in [0.4, 0.5) is 0 Å². The zero-order valence-corrected chi connectivity index (χ0v) is 11.2. The topological polar surface area (TPSA) is 56.3 Å². The van der Waals surface area contributed by atoms with Gasteiger partial charge in [-0.2, -0.15) is 0 Å². The van der Waals surface area contributed by atoms with Crippen LogP contribution in [0.25, 0.3) is 0 Å². The summed E-state index contributed by atoms with van der Waals surface area (Å²) in [5, 5.41) is 2.06. The zero-order chi connectivity index (χ0) is 12.2. The molecule has 2 aromatic rings. The molecule has 92 valence electrons. The number of H-pyrrole nitrogens is 2. The SMILES string of the molecule is c1c[nH]c(C2=NCSC(c3ccc[nH]3)=NCS2)c1. The molecule has 6 heteroatoms. The van der Waals surface area contributed by atoms with Gasteiger partial charge in [-0.15, -0.1) is 0 Å². The van der Waals surface area contributed by atoms with Gasteiger partial charge in [0, 0.05) is 12.4 Å². The van der Waals surface area contributed by atoms with E-state index < -0.39 is 0 Å². The van der Waals surface area contributed by atoms with Crippen LogP contribution in [0.3, 0.4) is 0 Å². The summed E-state index contributed by atoms with van der Waals surface area (Å²) in [4.78, 5) is 15.6. The molecule has 2 aromatic heterocycles. The average molecular weight is 276 g/mol. The zero-order valence-electron chi connectivity index (χ0n) is 9.59. The fraction of sp³-hybridized carbons (Fsp3) is 0.167. The van der Waals surface area contributed by atoms with Crippen molar-refractivity contribution in [3.63, 3.8) is 0 Å². The van der Waals surface area contributed by atoms with E-state index in [-0.39, 0.29) is 0 Å². The summed E-state index contributed by atoms with van der Waals surface area (Å²) in [5.41, 5.74) is 2.14. The van der Waals surface area contributed by atoms with E-state index in [1.165, 1.54) is 0 Å². The first-order chi connectivity index (χ1) is 8.93. The highest BCUT2D eigenvalue weighted by Gasteiger charge is 2.11. The van der Waals surface area contributed by atoms with Crippen molar-refractivity contribution in [1.82, 2.24) is 9.97 Å². The largest absolute Gasteiger partial charge is 0.360 e. The Morgan fingerprint density at radius 3 is 1.72 bits per heavy atom. The molecule has 0 aliphatic carbocycles. The van der Waals surface area contributed by atoms with E-state index >= 15 is 0 Å². The van der Waals surface area contributed by atoms with Crippen LogP contribution >= 0.6 is 23.5 Å². The van der Waals surface area contributed by atoms with Gasteiger partial charge in [-0.1, -0.05) is 23.5 Å². The minimum Gasteiger partial charge on any atom is -0.360 e. The maximum absolute atomic E-state index is 4.60. The first-order valence-corrected chi connectivity index (χ1v) is 7.52. The summed E-state index contributed by atoms with van der Waals surface area (Å²) in [6.07, 6.45) is 3.83. The molecular weight excluding hydrogens is 264 g/mol. The first kappa shape index (κ1) is 11.7. The van der Waals surface area contributed by atoms with E-state index in [1.807, 2.05) is 36.7 Å². The molecular formula is C12H12N4S2. The Kier molecular flexibility index (Phi) is 3.56. The molecule has 0 saturated carbocycles. The Morgan fingerprint density at radius 1 is 0.833 bits per heavy atom. The predicted octanol–water partition coefficient (Wildman–Crippen LogP) is 2.93. The quantitative estimate of drug-likeness (QED) is 0.886. The van der Waals surface area contributed by atoms with Gasteiger partial charge in [-0.25, -0.2) is 0 Å². The second kappa shape index (κ2) is 5.49. The van der Waals surface area contributed by atoms with Crippen molar-refractivity contribution in [2.75, 3.05) is 11.8 Å². The lowest BCUT2D eigenvalue weighted by Crippen LogP contribution is -2.05. The first-order valence-electron chi connectivity index (χ1n) is 5.55. The molecule has 18 heavy (non-hydrogen) atoms. The number of aromatic amines is 2. The molecule has 4 nitrogen and oxygen atoms in total. The highest BCUT2D eigenvalue weighted by Crippen LogP contribution is 2.21. The van der Waals surface area contributed by atoms with Crippen molar-refractivity contribution in [3.8, 4) is 0 Å². The van der Waals surface area contributed by atoms with Crippen LogP contribution in [0.5, 0.6) is 0 Å². The van der Waals surface area contributed by atoms with Crippen molar-refractivity contribution in [1.29, 1.82) is 0 Å². The van der Waals surface area contributed by atoms with Crippen molar-refractivity contribution >= 4 is 33.6 Å². The number of aromatic nitrogens is 2. The molecule has 0 amide bonds. The van der Waals surface area contributed by atoms with E-state index in [0.717, 1.165) is 21.5 Å². The summed E-state index contributed by atoms with van der Waals surface area (Å²) in [5.74, 6) is 1.39. The molecule has 0 fully saturated rings.